The molecule has 2 bridgehead atoms. The van der Waals surface area contributed by atoms with E-state index in [1.165, 1.54) is 17.2 Å². The number of carbonyl (C=O) groups is 1. The van der Waals surface area contributed by atoms with E-state index in [2.05, 4.69) is 27.2 Å². The first-order chi connectivity index (χ1) is 16.1. The summed E-state index contributed by atoms with van der Waals surface area (Å²) in [5.41, 5.74) is 0.483. The molecule has 186 valence electrons. The average molecular weight is 502 g/mol. The minimum atomic E-state index is -4.70. The summed E-state index contributed by atoms with van der Waals surface area (Å²) < 4.78 is 46.6. The number of anilines is 1. The smallest absolute Gasteiger partial charge is 0.373 e. The summed E-state index contributed by atoms with van der Waals surface area (Å²) >= 11 is 6.27. The highest BCUT2D eigenvalue weighted by molar-refractivity contribution is 6.32. The number of benzene rings is 1. The Morgan fingerprint density at radius 2 is 2.03 bits per heavy atom. The third-order valence-electron chi connectivity index (χ3n) is 6.50. The number of rotatable bonds is 8. The van der Waals surface area contributed by atoms with E-state index in [-0.39, 0.29) is 18.7 Å². The standard InChI is InChI=1S/C22H27ClF3N5O3/c1-3-19(33-8-9-34-22(24,25)26)21-12-14(2)10-16(13-21)30(21)20(32)29-15-4-5-17(23)18(11-15)31-27-6-7-28-31/h4-7,11,14,16,19H,3,8-10,12-13H2,1-2H3,(H,29,32)/t14-,16+,19+,21-/m0/s1. The molecule has 12 heteroatoms. The van der Waals surface area contributed by atoms with Gasteiger partial charge in [-0.3, -0.25) is 4.74 Å². The predicted octanol–water partition coefficient (Wildman–Crippen LogP) is 5.03. The van der Waals surface area contributed by atoms with E-state index in [0.717, 1.165) is 19.3 Å². The fraction of sp³-hybridized carbons (Fsp3) is 0.591. The largest absolute Gasteiger partial charge is 0.522 e. The number of ether oxygens (including phenoxy) is 2. The van der Waals surface area contributed by atoms with Crippen LogP contribution in [0.25, 0.3) is 5.69 Å². The second kappa shape index (κ2) is 9.71. The monoisotopic (exact) mass is 501 g/mol. The van der Waals surface area contributed by atoms with Crippen molar-refractivity contribution in [3.05, 3.63) is 35.6 Å². The molecule has 0 radical (unpaired) electrons. The normalized spacial score (nSPS) is 25.1. The van der Waals surface area contributed by atoms with Gasteiger partial charge in [0.05, 0.1) is 42.3 Å². The molecule has 1 saturated heterocycles. The maximum Gasteiger partial charge on any atom is 0.522 e. The zero-order valence-corrected chi connectivity index (χ0v) is 19.6. The van der Waals surface area contributed by atoms with Gasteiger partial charge in [-0.25, -0.2) is 4.79 Å². The summed E-state index contributed by atoms with van der Waals surface area (Å²) in [5, 5.41) is 11.5. The van der Waals surface area contributed by atoms with Gasteiger partial charge in [0.1, 0.15) is 5.69 Å². The van der Waals surface area contributed by atoms with Gasteiger partial charge in [-0.2, -0.15) is 15.0 Å². The van der Waals surface area contributed by atoms with Crippen molar-refractivity contribution >= 4 is 23.3 Å². The van der Waals surface area contributed by atoms with Crippen LogP contribution in [-0.2, 0) is 9.47 Å². The SMILES string of the molecule is CC[C@@H](OCCOC(F)(F)F)[C@]12C[C@@H](C)C[C@H](C1)N2C(=O)Nc1ccc(Cl)c(-n2nccn2)c1. The molecule has 0 spiro atoms. The Morgan fingerprint density at radius 3 is 2.71 bits per heavy atom. The van der Waals surface area contributed by atoms with E-state index in [9.17, 15) is 18.0 Å². The van der Waals surface area contributed by atoms with Crippen molar-refractivity contribution in [1.29, 1.82) is 0 Å². The lowest BCUT2D eigenvalue weighted by Gasteiger charge is -2.65. The van der Waals surface area contributed by atoms with Crippen LogP contribution >= 0.6 is 11.6 Å². The molecular weight excluding hydrogens is 475 g/mol. The fourth-order valence-electron chi connectivity index (χ4n) is 5.42. The van der Waals surface area contributed by atoms with Crippen molar-refractivity contribution < 1.29 is 27.4 Å². The van der Waals surface area contributed by atoms with Gasteiger partial charge in [0.2, 0.25) is 0 Å². The molecule has 1 aliphatic heterocycles. The maximum absolute atomic E-state index is 13.4. The quantitative estimate of drug-likeness (QED) is 0.513. The lowest BCUT2D eigenvalue weighted by molar-refractivity contribution is -0.328. The number of amides is 2. The number of likely N-dealkylation sites (tertiary alicyclic amines) is 1. The van der Waals surface area contributed by atoms with Crippen LogP contribution in [0.1, 0.15) is 39.5 Å². The number of piperidine rings is 1. The molecule has 2 heterocycles. The molecule has 1 aromatic heterocycles. The molecule has 2 aromatic rings. The summed E-state index contributed by atoms with van der Waals surface area (Å²) in [6, 6.07) is 4.81. The van der Waals surface area contributed by atoms with Crippen LogP contribution in [0.3, 0.4) is 0 Å². The lowest BCUT2D eigenvalue weighted by Crippen LogP contribution is -2.76. The number of nitrogens with zero attached hydrogens (tertiary/aromatic N) is 4. The number of hydrogen-bond acceptors (Lipinski definition) is 5. The Labute approximate surface area is 200 Å². The number of carbonyl (C=O) groups excluding carboxylic acids is 1. The summed E-state index contributed by atoms with van der Waals surface area (Å²) in [5.74, 6) is 0.375. The zero-order chi connectivity index (χ0) is 24.5. The van der Waals surface area contributed by atoms with Crippen LogP contribution in [0.5, 0.6) is 0 Å². The first-order valence-corrected chi connectivity index (χ1v) is 11.6. The highest BCUT2D eigenvalue weighted by atomic mass is 35.5. The van der Waals surface area contributed by atoms with Crippen molar-refractivity contribution in [1.82, 2.24) is 19.9 Å². The average Bonchev–Trinajstić information content (AvgIpc) is 3.28. The van der Waals surface area contributed by atoms with Gasteiger partial charge >= 0.3 is 12.4 Å². The van der Waals surface area contributed by atoms with Crippen LogP contribution in [0, 0.1) is 5.92 Å². The summed E-state index contributed by atoms with van der Waals surface area (Å²) in [7, 11) is 0. The first kappa shape index (κ1) is 24.7. The van der Waals surface area contributed by atoms with Crippen molar-refractivity contribution in [2.45, 2.75) is 63.6 Å². The highest BCUT2D eigenvalue weighted by Crippen LogP contribution is 2.53. The number of nitrogens with one attached hydrogen (secondary N) is 1. The van der Waals surface area contributed by atoms with Crippen molar-refractivity contribution in [3.63, 3.8) is 0 Å². The first-order valence-electron chi connectivity index (χ1n) is 11.2. The van der Waals surface area contributed by atoms with E-state index < -0.39 is 24.6 Å². The molecule has 2 amide bonds. The number of fused-ring (bicyclic) bond motifs is 2. The summed E-state index contributed by atoms with van der Waals surface area (Å²) in [6.07, 6.45) is 0.862. The fourth-order valence-corrected chi connectivity index (χ4v) is 5.62. The molecule has 2 aliphatic rings. The maximum atomic E-state index is 13.4. The molecule has 1 aromatic carbocycles. The molecule has 2 fully saturated rings. The van der Waals surface area contributed by atoms with Crippen molar-refractivity contribution in [2.24, 2.45) is 5.92 Å². The second-order valence-electron chi connectivity index (χ2n) is 8.85. The van der Waals surface area contributed by atoms with Gasteiger partial charge < -0.3 is 15.0 Å². The number of urea groups is 1. The van der Waals surface area contributed by atoms with Gasteiger partial charge in [-0.1, -0.05) is 25.4 Å². The topological polar surface area (TPSA) is 81.5 Å². The van der Waals surface area contributed by atoms with Gasteiger partial charge in [0, 0.05) is 11.7 Å². The molecule has 34 heavy (non-hydrogen) atoms. The van der Waals surface area contributed by atoms with Crippen LogP contribution in [0.15, 0.2) is 30.6 Å². The third kappa shape index (κ3) is 5.01. The van der Waals surface area contributed by atoms with Crippen LogP contribution in [-0.4, -0.2) is 63.2 Å². The summed E-state index contributed by atoms with van der Waals surface area (Å²) in [4.78, 5) is 16.6. The molecule has 1 aliphatic carbocycles. The van der Waals surface area contributed by atoms with E-state index in [0.29, 0.717) is 28.7 Å². The molecule has 8 nitrogen and oxygen atoms in total. The molecule has 1 N–H and O–H groups in total. The molecule has 4 atom stereocenters. The predicted molar refractivity (Wildman–Crippen MR) is 119 cm³/mol. The van der Waals surface area contributed by atoms with Crippen LogP contribution < -0.4 is 5.32 Å². The second-order valence-corrected chi connectivity index (χ2v) is 9.26. The van der Waals surface area contributed by atoms with Crippen molar-refractivity contribution in [3.8, 4) is 5.69 Å². The Balaban J connectivity index is 1.49. The van der Waals surface area contributed by atoms with Crippen molar-refractivity contribution in [2.75, 3.05) is 18.5 Å². The number of hydrogen-bond donors (Lipinski definition) is 1. The third-order valence-corrected chi connectivity index (χ3v) is 6.82. The number of alkyl halides is 3. The van der Waals surface area contributed by atoms with Crippen LogP contribution in [0.2, 0.25) is 5.02 Å². The molecule has 0 unspecified atom stereocenters. The van der Waals surface area contributed by atoms with Gasteiger partial charge in [0.25, 0.3) is 0 Å². The van der Waals surface area contributed by atoms with E-state index in [1.54, 1.807) is 18.2 Å². The van der Waals surface area contributed by atoms with Gasteiger partial charge in [-0.05, 0) is 49.8 Å². The Bertz CT molecular complexity index is 1010. The number of halogens is 4. The van der Waals surface area contributed by atoms with Gasteiger partial charge in [-0.15, -0.1) is 13.2 Å². The zero-order valence-electron chi connectivity index (χ0n) is 18.9. The minimum absolute atomic E-state index is 0.0485. The summed E-state index contributed by atoms with van der Waals surface area (Å²) in [6.45, 7) is 3.25. The van der Waals surface area contributed by atoms with E-state index in [1.807, 2.05) is 11.8 Å². The number of aromatic nitrogens is 3. The Morgan fingerprint density at radius 1 is 1.29 bits per heavy atom. The Hall–Kier alpha value is -2.37. The minimum Gasteiger partial charge on any atom is -0.373 e. The highest BCUT2D eigenvalue weighted by Gasteiger charge is 2.61. The molecular formula is C22H27ClF3N5O3. The molecule has 4 rings (SSSR count). The van der Waals surface area contributed by atoms with Crippen LogP contribution in [0.4, 0.5) is 23.7 Å². The Kier molecular flexibility index (Phi) is 7.07. The molecule has 1 saturated carbocycles. The van der Waals surface area contributed by atoms with Gasteiger partial charge in [0.15, 0.2) is 0 Å². The van der Waals surface area contributed by atoms with E-state index >= 15 is 0 Å². The van der Waals surface area contributed by atoms with E-state index in [4.69, 9.17) is 16.3 Å². The lowest BCUT2D eigenvalue weighted by atomic mass is 9.61.